The minimum Gasteiger partial charge on any atom is -0.479 e. The Morgan fingerprint density at radius 3 is 2.18 bits per heavy atom. The van der Waals surface area contributed by atoms with Crippen molar-refractivity contribution in [3.8, 4) is 0 Å². The lowest BCUT2D eigenvalue weighted by atomic mass is 9.88. The van der Waals surface area contributed by atoms with E-state index in [1.165, 1.54) is 0 Å². The normalized spacial score (nSPS) is 11.8. The maximum Gasteiger partial charge on any atom is 0.331 e. The number of hydrogen-bond acceptors (Lipinski definition) is 2. The molecule has 0 unspecified atom stereocenters. The number of nitrogens with zero attached hydrogens (tertiary/aromatic N) is 2. The molecule has 0 spiro atoms. The Bertz CT molecular complexity index is 390. The monoisotopic (exact) mass is 238 g/mol. The van der Waals surface area contributed by atoms with Gasteiger partial charge in [0.1, 0.15) is 0 Å². The fraction of sp³-hybridized carbons (Fsp3) is 0.692. The van der Waals surface area contributed by atoms with E-state index in [0.717, 1.165) is 24.2 Å². The van der Waals surface area contributed by atoms with Crippen LogP contribution in [0.3, 0.4) is 0 Å². The van der Waals surface area contributed by atoms with Crippen molar-refractivity contribution in [2.24, 2.45) is 0 Å². The van der Waals surface area contributed by atoms with Crippen molar-refractivity contribution in [3.63, 3.8) is 0 Å². The molecule has 17 heavy (non-hydrogen) atoms. The fourth-order valence-electron chi connectivity index (χ4n) is 2.53. The number of aryl methyl sites for hydroxylation is 2. The van der Waals surface area contributed by atoms with E-state index in [0.29, 0.717) is 12.8 Å². The molecular formula is C13H22N2O2. The standard InChI is InChI=1S/C13H22N2O2/c1-5-7-13(8-6-2,12(16)17)15-11(4)9-10(3)14-15/h9H,5-8H2,1-4H3,(H,16,17). The second-order valence-corrected chi connectivity index (χ2v) is 4.68. The average molecular weight is 238 g/mol. The Labute approximate surface area is 103 Å². The summed E-state index contributed by atoms with van der Waals surface area (Å²) in [5.41, 5.74) is 0.925. The predicted octanol–water partition coefficient (Wildman–Crippen LogP) is 2.88. The highest BCUT2D eigenvalue weighted by Gasteiger charge is 2.40. The van der Waals surface area contributed by atoms with Crippen molar-refractivity contribution in [3.05, 3.63) is 17.5 Å². The molecule has 0 saturated carbocycles. The van der Waals surface area contributed by atoms with Crippen LogP contribution < -0.4 is 0 Å². The van der Waals surface area contributed by atoms with Crippen molar-refractivity contribution < 1.29 is 9.90 Å². The highest BCUT2D eigenvalue weighted by molar-refractivity contribution is 5.76. The number of carbonyl (C=O) groups is 1. The van der Waals surface area contributed by atoms with E-state index >= 15 is 0 Å². The number of aromatic nitrogens is 2. The maximum atomic E-state index is 11.7. The van der Waals surface area contributed by atoms with Crippen molar-refractivity contribution in [1.29, 1.82) is 0 Å². The summed E-state index contributed by atoms with van der Waals surface area (Å²) >= 11 is 0. The quantitative estimate of drug-likeness (QED) is 0.829. The smallest absolute Gasteiger partial charge is 0.331 e. The molecule has 1 N–H and O–H groups in total. The summed E-state index contributed by atoms with van der Waals surface area (Å²) in [5, 5.41) is 14.0. The van der Waals surface area contributed by atoms with Crippen LogP contribution >= 0.6 is 0 Å². The third-order valence-corrected chi connectivity index (χ3v) is 3.14. The van der Waals surface area contributed by atoms with Crippen LogP contribution in [0.1, 0.15) is 50.9 Å². The van der Waals surface area contributed by atoms with Gasteiger partial charge in [-0.25, -0.2) is 4.79 Å². The molecule has 0 aliphatic rings. The highest BCUT2D eigenvalue weighted by atomic mass is 16.4. The number of hydrogen-bond donors (Lipinski definition) is 1. The zero-order chi connectivity index (χ0) is 13.1. The Kier molecular flexibility index (Phi) is 4.32. The van der Waals surface area contributed by atoms with Gasteiger partial charge < -0.3 is 5.11 Å². The van der Waals surface area contributed by atoms with Crippen LogP contribution in [-0.4, -0.2) is 20.9 Å². The SMILES string of the molecule is CCCC(CCC)(C(=O)O)n1nc(C)cc1C. The molecule has 0 fully saturated rings. The lowest BCUT2D eigenvalue weighted by Gasteiger charge is -2.30. The molecule has 1 aromatic rings. The van der Waals surface area contributed by atoms with Crippen LogP contribution in [0.5, 0.6) is 0 Å². The number of aliphatic carboxylic acids is 1. The van der Waals surface area contributed by atoms with Gasteiger partial charge in [0.25, 0.3) is 0 Å². The second kappa shape index (κ2) is 5.34. The van der Waals surface area contributed by atoms with E-state index in [2.05, 4.69) is 5.10 Å². The van der Waals surface area contributed by atoms with Gasteiger partial charge in [-0.1, -0.05) is 26.7 Å². The lowest BCUT2D eigenvalue weighted by molar-refractivity contribution is -0.149. The van der Waals surface area contributed by atoms with Crippen molar-refractivity contribution >= 4 is 5.97 Å². The number of carboxylic acid groups (broad SMARTS) is 1. The van der Waals surface area contributed by atoms with Crippen LogP contribution in [-0.2, 0) is 10.3 Å². The van der Waals surface area contributed by atoms with Gasteiger partial charge in [0, 0.05) is 5.69 Å². The molecule has 0 saturated heterocycles. The highest BCUT2D eigenvalue weighted by Crippen LogP contribution is 2.30. The van der Waals surface area contributed by atoms with E-state index in [4.69, 9.17) is 0 Å². The van der Waals surface area contributed by atoms with Crippen molar-refractivity contribution in [2.75, 3.05) is 0 Å². The van der Waals surface area contributed by atoms with Crippen molar-refractivity contribution in [1.82, 2.24) is 9.78 Å². The molecule has 96 valence electrons. The molecule has 0 bridgehead atoms. The third kappa shape index (κ3) is 2.51. The van der Waals surface area contributed by atoms with E-state index in [9.17, 15) is 9.90 Å². The number of carboxylic acids is 1. The number of rotatable bonds is 6. The maximum absolute atomic E-state index is 11.7. The van der Waals surface area contributed by atoms with Crippen LogP contribution in [0.15, 0.2) is 6.07 Å². The summed E-state index contributed by atoms with van der Waals surface area (Å²) in [4.78, 5) is 11.7. The first-order chi connectivity index (χ1) is 7.97. The molecule has 0 amide bonds. The van der Waals surface area contributed by atoms with Crippen LogP contribution in [0.25, 0.3) is 0 Å². The molecule has 0 aromatic carbocycles. The zero-order valence-electron chi connectivity index (χ0n) is 11.2. The minimum absolute atomic E-state index is 0.623. The van der Waals surface area contributed by atoms with Crippen LogP contribution in [0.2, 0.25) is 0 Å². The van der Waals surface area contributed by atoms with Gasteiger partial charge in [-0.3, -0.25) is 4.68 Å². The predicted molar refractivity (Wildman–Crippen MR) is 67.1 cm³/mol. The van der Waals surface area contributed by atoms with Gasteiger partial charge in [-0.2, -0.15) is 5.10 Å². The molecular weight excluding hydrogens is 216 g/mol. The Hall–Kier alpha value is -1.32. The minimum atomic E-state index is -0.873. The second-order valence-electron chi connectivity index (χ2n) is 4.68. The first kappa shape index (κ1) is 13.7. The molecule has 0 radical (unpaired) electrons. The molecule has 0 aliphatic carbocycles. The summed E-state index contributed by atoms with van der Waals surface area (Å²) in [6, 6.07) is 1.93. The molecule has 1 aromatic heterocycles. The van der Waals surface area contributed by atoms with E-state index in [1.54, 1.807) is 4.68 Å². The molecule has 0 aliphatic heterocycles. The van der Waals surface area contributed by atoms with E-state index in [1.807, 2.05) is 33.8 Å². The van der Waals surface area contributed by atoms with Crippen LogP contribution in [0, 0.1) is 13.8 Å². The fourth-order valence-corrected chi connectivity index (χ4v) is 2.53. The van der Waals surface area contributed by atoms with Gasteiger partial charge in [-0.05, 0) is 32.8 Å². The first-order valence-corrected chi connectivity index (χ1v) is 6.25. The van der Waals surface area contributed by atoms with Gasteiger partial charge in [0.15, 0.2) is 5.54 Å². The van der Waals surface area contributed by atoms with Gasteiger partial charge in [-0.15, -0.1) is 0 Å². The van der Waals surface area contributed by atoms with Gasteiger partial charge in [0.2, 0.25) is 0 Å². The summed E-state index contributed by atoms with van der Waals surface area (Å²) < 4.78 is 1.71. The summed E-state index contributed by atoms with van der Waals surface area (Å²) in [6.45, 7) is 7.84. The Morgan fingerprint density at radius 1 is 1.35 bits per heavy atom. The third-order valence-electron chi connectivity index (χ3n) is 3.14. The van der Waals surface area contributed by atoms with Crippen LogP contribution in [0.4, 0.5) is 0 Å². The van der Waals surface area contributed by atoms with E-state index < -0.39 is 11.5 Å². The first-order valence-electron chi connectivity index (χ1n) is 6.25. The average Bonchev–Trinajstić information content (AvgIpc) is 2.57. The Balaban J connectivity index is 3.29. The van der Waals surface area contributed by atoms with Gasteiger partial charge >= 0.3 is 5.97 Å². The summed E-state index contributed by atoms with van der Waals surface area (Å²) in [7, 11) is 0. The molecule has 0 atom stereocenters. The molecule has 4 nitrogen and oxygen atoms in total. The summed E-state index contributed by atoms with van der Waals surface area (Å²) in [6.07, 6.45) is 2.92. The summed E-state index contributed by atoms with van der Waals surface area (Å²) in [5.74, 6) is -0.771. The molecule has 4 heteroatoms. The molecule has 1 heterocycles. The topological polar surface area (TPSA) is 55.1 Å². The molecule has 1 rings (SSSR count). The lowest BCUT2D eigenvalue weighted by Crippen LogP contribution is -2.43. The van der Waals surface area contributed by atoms with E-state index in [-0.39, 0.29) is 0 Å². The van der Waals surface area contributed by atoms with Crippen molar-refractivity contribution in [2.45, 2.75) is 58.9 Å². The largest absolute Gasteiger partial charge is 0.479 e. The van der Waals surface area contributed by atoms with Gasteiger partial charge in [0.05, 0.1) is 5.69 Å². The Morgan fingerprint density at radius 2 is 1.88 bits per heavy atom. The zero-order valence-corrected chi connectivity index (χ0v) is 11.2.